The van der Waals surface area contributed by atoms with E-state index in [9.17, 15) is 9.59 Å². The molecule has 2 fully saturated rings. The summed E-state index contributed by atoms with van der Waals surface area (Å²) >= 11 is 0. The lowest BCUT2D eigenvalue weighted by molar-refractivity contribution is -0.125. The van der Waals surface area contributed by atoms with Gasteiger partial charge in [-0.1, -0.05) is 19.8 Å². The molecular formula is C19H26N4O2. The lowest BCUT2D eigenvalue weighted by Crippen LogP contribution is -2.54. The Balaban J connectivity index is 1.52. The average molecular weight is 342 g/mol. The van der Waals surface area contributed by atoms with Crippen LogP contribution in [0.2, 0.25) is 0 Å². The summed E-state index contributed by atoms with van der Waals surface area (Å²) < 4.78 is 0. The molecule has 6 nitrogen and oxygen atoms in total. The molecule has 0 spiro atoms. The second-order valence-electron chi connectivity index (χ2n) is 7.56. The number of nitrogens with one attached hydrogen (secondary N) is 1. The fraction of sp³-hybridized carbons (Fsp3) is 0.632. The van der Waals surface area contributed by atoms with Crippen molar-refractivity contribution in [3.63, 3.8) is 0 Å². The van der Waals surface area contributed by atoms with E-state index in [-0.39, 0.29) is 30.4 Å². The number of rotatable bonds is 3. The van der Waals surface area contributed by atoms with Crippen LogP contribution >= 0.6 is 0 Å². The summed E-state index contributed by atoms with van der Waals surface area (Å²) in [6, 6.07) is 3.79. The van der Waals surface area contributed by atoms with E-state index < -0.39 is 0 Å². The van der Waals surface area contributed by atoms with Crippen LogP contribution in [0, 0.1) is 5.92 Å². The van der Waals surface area contributed by atoms with E-state index in [4.69, 9.17) is 0 Å². The van der Waals surface area contributed by atoms with Crippen LogP contribution < -0.4 is 15.1 Å². The van der Waals surface area contributed by atoms with Crippen molar-refractivity contribution >= 4 is 23.3 Å². The second-order valence-corrected chi connectivity index (χ2v) is 7.56. The molecule has 1 N–H and O–H groups in total. The highest BCUT2D eigenvalue weighted by atomic mass is 16.2. The van der Waals surface area contributed by atoms with Gasteiger partial charge in [0.25, 0.3) is 0 Å². The first kappa shape index (κ1) is 16.4. The molecule has 3 aliphatic rings. The van der Waals surface area contributed by atoms with Crippen LogP contribution in [0.4, 0.5) is 11.5 Å². The van der Waals surface area contributed by atoms with Gasteiger partial charge in [0.05, 0.1) is 5.69 Å². The SMILES string of the molecule is C[C@H]1CCCC[C@@H]1NC(=O)CN1C(=O)[C@H]2CCCN2c2ncccc21. The van der Waals surface area contributed by atoms with E-state index >= 15 is 0 Å². The quantitative estimate of drug-likeness (QED) is 0.913. The Morgan fingerprint density at radius 3 is 2.96 bits per heavy atom. The van der Waals surface area contributed by atoms with Gasteiger partial charge in [-0.25, -0.2) is 4.98 Å². The zero-order valence-corrected chi connectivity index (χ0v) is 14.8. The Morgan fingerprint density at radius 1 is 1.28 bits per heavy atom. The van der Waals surface area contributed by atoms with Crippen LogP contribution in [-0.2, 0) is 9.59 Å². The molecule has 134 valence electrons. The van der Waals surface area contributed by atoms with Gasteiger partial charge in [0.2, 0.25) is 11.8 Å². The molecule has 0 aromatic carbocycles. The normalized spacial score (nSPS) is 28.5. The summed E-state index contributed by atoms with van der Waals surface area (Å²) in [5, 5.41) is 3.16. The summed E-state index contributed by atoms with van der Waals surface area (Å²) in [4.78, 5) is 33.8. The average Bonchev–Trinajstić information content (AvgIpc) is 3.11. The number of pyridine rings is 1. The second kappa shape index (κ2) is 6.65. The Kier molecular flexibility index (Phi) is 4.36. The number of fused-ring (bicyclic) bond motifs is 3. The molecule has 1 aromatic heterocycles. The van der Waals surface area contributed by atoms with Crippen molar-refractivity contribution in [3.8, 4) is 0 Å². The first-order chi connectivity index (χ1) is 12.1. The molecule has 1 saturated heterocycles. The molecule has 1 aliphatic carbocycles. The third-order valence-electron chi connectivity index (χ3n) is 5.89. The number of aromatic nitrogens is 1. The zero-order valence-electron chi connectivity index (χ0n) is 14.8. The number of nitrogens with zero attached hydrogens (tertiary/aromatic N) is 3. The van der Waals surface area contributed by atoms with Crippen molar-refractivity contribution in [2.24, 2.45) is 5.92 Å². The number of carbonyl (C=O) groups excluding carboxylic acids is 2. The number of anilines is 2. The summed E-state index contributed by atoms with van der Waals surface area (Å²) in [5.41, 5.74) is 0.762. The Hall–Kier alpha value is -2.11. The number of carbonyl (C=O) groups is 2. The van der Waals surface area contributed by atoms with Crippen LogP contribution in [0.3, 0.4) is 0 Å². The topological polar surface area (TPSA) is 65.5 Å². The highest BCUT2D eigenvalue weighted by Crippen LogP contribution is 2.38. The molecule has 0 bridgehead atoms. The maximum Gasteiger partial charge on any atom is 0.250 e. The first-order valence-corrected chi connectivity index (χ1v) is 9.47. The van der Waals surface area contributed by atoms with Crippen molar-refractivity contribution < 1.29 is 9.59 Å². The van der Waals surface area contributed by atoms with E-state index in [0.717, 1.165) is 43.7 Å². The van der Waals surface area contributed by atoms with E-state index in [1.54, 1.807) is 11.1 Å². The summed E-state index contributed by atoms with van der Waals surface area (Å²) in [7, 11) is 0. The van der Waals surface area contributed by atoms with Crippen LogP contribution in [0.1, 0.15) is 45.4 Å². The minimum absolute atomic E-state index is 0.0323. The van der Waals surface area contributed by atoms with Crippen LogP contribution in [0.25, 0.3) is 0 Å². The van der Waals surface area contributed by atoms with Gasteiger partial charge in [-0.2, -0.15) is 0 Å². The molecule has 2 aliphatic heterocycles. The number of hydrogen-bond donors (Lipinski definition) is 1. The number of hydrogen-bond acceptors (Lipinski definition) is 4. The van der Waals surface area contributed by atoms with Crippen molar-refractivity contribution in [1.29, 1.82) is 0 Å². The largest absolute Gasteiger partial charge is 0.352 e. The zero-order chi connectivity index (χ0) is 17.4. The fourth-order valence-electron chi connectivity index (χ4n) is 4.49. The van der Waals surface area contributed by atoms with Gasteiger partial charge >= 0.3 is 0 Å². The Labute approximate surface area is 148 Å². The molecule has 4 rings (SSSR count). The fourth-order valence-corrected chi connectivity index (χ4v) is 4.49. The lowest BCUT2D eigenvalue weighted by atomic mass is 9.86. The molecule has 3 atom stereocenters. The Bertz CT molecular complexity index is 677. The molecule has 2 amide bonds. The minimum atomic E-state index is -0.163. The van der Waals surface area contributed by atoms with Gasteiger partial charge in [0, 0.05) is 18.8 Å². The molecule has 0 radical (unpaired) electrons. The van der Waals surface area contributed by atoms with Gasteiger partial charge in [-0.15, -0.1) is 0 Å². The first-order valence-electron chi connectivity index (χ1n) is 9.47. The van der Waals surface area contributed by atoms with E-state index in [1.165, 1.54) is 12.8 Å². The summed E-state index contributed by atoms with van der Waals surface area (Å²) in [5.74, 6) is 1.32. The molecular weight excluding hydrogens is 316 g/mol. The van der Waals surface area contributed by atoms with Crippen LogP contribution in [0.5, 0.6) is 0 Å². The highest BCUT2D eigenvalue weighted by molar-refractivity contribution is 6.08. The van der Waals surface area contributed by atoms with Gasteiger partial charge in [-0.05, 0) is 43.7 Å². The van der Waals surface area contributed by atoms with E-state index in [0.29, 0.717) is 5.92 Å². The van der Waals surface area contributed by atoms with E-state index in [1.807, 2.05) is 12.1 Å². The summed E-state index contributed by atoms with van der Waals surface area (Å²) in [6.07, 6.45) is 8.20. The molecule has 1 saturated carbocycles. The monoisotopic (exact) mass is 342 g/mol. The third-order valence-corrected chi connectivity index (χ3v) is 5.89. The maximum absolute atomic E-state index is 12.9. The van der Waals surface area contributed by atoms with Crippen molar-refractivity contribution in [2.45, 2.75) is 57.5 Å². The minimum Gasteiger partial charge on any atom is -0.352 e. The van der Waals surface area contributed by atoms with E-state index in [2.05, 4.69) is 22.1 Å². The standard InChI is InChI=1S/C19H26N4O2/c1-13-6-2-3-7-14(13)21-17(24)12-23-15-8-4-10-20-18(15)22-11-5-9-16(22)19(23)25/h4,8,10,13-14,16H,2-3,5-7,9,11-12H2,1H3,(H,21,24)/t13-,14-,16+/m0/s1. The van der Waals surface area contributed by atoms with Crippen LogP contribution in [-0.4, -0.2) is 42.0 Å². The molecule has 1 aromatic rings. The Morgan fingerprint density at radius 2 is 2.12 bits per heavy atom. The van der Waals surface area contributed by atoms with Gasteiger partial charge in [0.15, 0.2) is 5.82 Å². The van der Waals surface area contributed by atoms with Gasteiger partial charge < -0.3 is 10.2 Å². The molecule has 6 heteroatoms. The smallest absolute Gasteiger partial charge is 0.250 e. The third kappa shape index (κ3) is 2.98. The highest BCUT2D eigenvalue weighted by Gasteiger charge is 2.42. The van der Waals surface area contributed by atoms with Gasteiger partial charge in [0.1, 0.15) is 12.6 Å². The van der Waals surface area contributed by atoms with Crippen molar-refractivity contribution in [2.75, 3.05) is 22.9 Å². The van der Waals surface area contributed by atoms with Crippen molar-refractivity contribution in [3.05, 3.63) is 18.3 Å². The van der Waals surface area contributed by atoms with Crippen molar-refractivity contribution in [1.82, 2.24) is 10.3 Å². The van der Waals surface area contributed by atoms with Crippen LogP contribution in [0.15, 0.2) is 18.3 Å². The molecule has 25 heavy (non-hydrogen) atoms. The predicted octanol–water partition coefficient (Wildman–Crippen LogP) is 2.09. The number of amides is 2. The predicted molar refractivity (Wildman–Crippen MR) is 96.5 cm³/mol. The van der Waals surface area contributed by atoms with Gasteiger partial charge in [-0.3, -0.25) is 14.5 Å². The maximum atomic E-state index is 12.9. The molecule has 0 unspecified atom stereocenters. The summed E-state index contributed by atoms with van der Waals surface area (Å²) in [6.45, 7) is 3.15. The molecule has 3 heterocycles. The lowest BCUT2D eigenvalue weighted by Gasteiger charge is -2.38.